The molecule has 0 saturated carbocycles. The Bertz CT molecular complexity index is 684. The van der Waals surface area contributed by atoms with E-state index in [1.807, 2.05) is 6.07 Å². The zero-order valence-corrected chi connectivity index (χ0v) is 14.2. The highest BCUT2D eigenvalue weighted by Crippen LogP contribution is 2.19. The van der Waals surface area contributed by atoms with Gasteiger partial charge in [-0.15, -0.1) is 0 Å². The van der Waals surface area contributed by atoms with E-state index in [1.54, 1.807) is 12.1 Å². The van der Waals surface area contributed by atoms with Gasteiger partial charge in [0, 0.05) is 18.3 Å². The van der Waals surface area contributed by atoms with Gasteiger partial charge in [0.1, 0.15) is 5.82 Å². The van der Waals surface area contributed by atoms with Gasteiger partial charge in [0.25, 0.3) is 0 Å². The summed E-state index contributed by atoms with van der Waals surface area (Å²) in [5, 5.41) is 9.01. The van der Waals surface area contributed by atoms with Crippen LogP contribution in [0.15, 0.2) is 54.6 Å². The molecule has 0 bridgehead atoms. The Morgan fingerprint density at radius 2 is 1.96 bits per heavy atom. The van der Waals surface area contributed by atoms with E-state index in [0.29, 0.717) is 18.2 Å². The first-order valence-corrected chi connectivity index (χ1v) is 8.77. The average Bonchev–Trinajstić information content (AvgIpc) is 2.62. The summed E-state index contributed by atoms with van der Waals surface area (Å²) in [5.74, 6) is 0.274. The van der Waals surface area contributed by atoms with Crippen molar-refractivity contribution >= 4 is 11.7 Å². The number of hydrogen-bond donors (Lipinski definition) is 3. The maximum absolute atomic E-state index is 13.1. The molecule has 1 aliphatic rings. The second kappa shape index (κ2) is 8.62. The predicted octanol–water partition coefficient (Wildman–Crippen LogP) is 3.56. The highest BCUT2D eigenvalue weighted by Gasteiger charge is 2.21. The number of rotatable bonds is 5. The van der Waals surface area contributed by atoms with E-state index >= 15 is 0 Å². The summed E-state index contributed by atoms with van der Waals surface area (Å²) in [6.07, 6.45) is 3.28. The number of amides is 2. The van der Waals surface area contributed by atoms with Gasteiger partial charge in [-0.2, -0.15) is 0 Å². The molecule has 0 unspecified atom stereocenters. The number of carbonyl (C=O) groups excluding carboxylic acids is 1. The van der Waals surface area contributed by atoms with Crippen molar-refractivity contribution in [3.8, 4) is 0 Å². The number of carbonyl (C=O) groups is 1. The molecule has 1 heterocycles. The Morgan fingerprint density at radius 3 is 2.68 bits per heavy atom. The topological polar surface area (TPSA) is 53.2 Å². The van der Waals surface area contributed by atoms with Gasteiger partial charge in [-0.1, -0.05) is 36.4 Å². The van der Waals surface area contributed by atoms with Crippen molar-refractivity contribution in [2.45, 2.75) is 25.3 Å². The van der Waals surface area contributed by atoms with Crippen LogP contribution in [-0.4, -0.2) is 25.2 Å². The van der Waals surface area contributed by atoms with Crippen LogP contribution < -0.4 is 16.0 Å². The largest absolute Gasteiger partial charge is 0.336 e. The van der Waals surface area contributed by atoms with Gasteiger partial charge in [0.2, 0.25) is 0 Å². The van der Waals surface area contributed by atoms with E-state index in [2.05, 4.69) is 40.2 Å². The van der Waals surface area contributed by atoms with Gasteiger partial charge >= 0.3 is 6.03 Å². The van der Waals surface area contributed by atoms with Crippen LogP contribution in [0.3, 0.4) is 0 Å². The van der Waals surface area contributed by atoms with E-state index in [9.17, 15) is 9.18 Å². The van der Waals surface area contributed by atoms with Gasteiger partial charge in [-0.05, 0) is 55.5 Å². The van der Waals surface area contributed by atoms with Gasteiger partial charge in [0.15, 0.2) is 0 Å². The summed E-state index contributed by atoms with van der Waals surface area (Å²) in [6.45, 7) is 1.53. The minimum Gasteiger partial charge on any atom is -0.336 e. The Labute approximate surface area is 147 Å². The molecule has 132 valence electrons. The molecule has 0 spiro atoms. The lowest BCUT2D eigenvalue weighted by Gasteiger charge is -2.30. The summed E-state index contributed by atoms with van der Waals surface area (Å²) >= 11 is 0. The second-order valence-corrected chi connectivity index (χ2v) is 6.58. The molecule has 2 aromatic carbocycles. The van der Waals surface area contributed by atoms with Crippen molar-refractivity contribution < 1.29 is 9.18 Å². The molecule has 2 atom stereocenters. The van der Waals surface area contributed by atoms with E-state index in [0.717, 1.165) is 25.8 Å². The lowest BCUT2D eigenvalue weighted by atomic mass is 9.89. The molecule has 25 heavy (non-hydrogen) atoms. The fourth-order valence-electron chi connectivity index (χ4n) is 3.23. The highest BCUT2D eigenvalue weighted by atomic mass is 19.1. The summed E-state index contributed by atoms with van der Waals surface area (Å²) < 4.78 is 13.1. The molecular weight excluding hydrogens is 317 g/mol. The van der Waals surface area contributed by atoms with E-state index in [-0.39, 0.29) is 17.9 Å². The highest BCUT2D eigenvalue weighted by molar-refractivity contribution is 5.89. The normalized spacial score (nSPS) is 20.0. The van der Waals surface area contributed by atoms with Gasteiger partial charge in [0.05, 0.1) is 0 Å². The number of halogens is 1. The molecule has 4 nitrogen and oxygen atoms in total. The first kappa shape index (κ1) is 17.4. The van der Waals surface area contributed by atoms with Crippen molar-refractivity contribution in [1.82, 2.24) is 10.6 Å². The first-order chi connectivity index (χ1) is 12.2. The molecule has 1 aliphatic heterocycles. The third kappa shape index (κ3) is 5.57. The number of anilines is 1. The van der Waals surface area contributed by atoms with Gasteiger partial charge in [-0.3, -0.25) is 0 Å². The van der Waals surface area contributed by atoms with E-state index in [4.69, 9.17) is 0 Å². The zero-order chi connectivity index (χ0) is 17.5. The SMILES string of the molecule is O=C(NC[C@H]1CC[C@H](Cc2ccccc2)CN1)Nc1cccc(F)c1. The standard InChI is InChI=1S/C20H24FN3O/c21-17-7-4-8-18(12-17)24-20(25)23-14-19-10-9-16(13-22-19)11-15-5-2-1-3-6-15/h1-8,12,16,19,22H,9-11,13-14H2,(H2,23,24,25)/t16-,19-/m1/s1. The fourth-order valence-corrected chi connectivity index (χ4v) is 3.23. The number of piperidine rings is 1. The Hall–Kier alpha value is -2.40. The number of urea groups is 1. The predicted molar refractivity (Wildman–Crippen MR) is 98.1 cm³/mol. The molecule has 5 heteroatoms. The summed E-state index contributed by atoms with van der Waals surface area (Å²) in [5.41, 5.74) is 1.83. The third-order valence-electron chi connectivity index (χ3n) is 4.58. The summed E-state index contributed by atoms with van der Waals surface area (Å²) in [6, 6.07) is 16.4. The van der Waals surface area contributed by atoms with Crippen LogP contribution >= 0.6 is 0 Å². The maximum atomic E-state index is 13.1. The zero-order valence-electron chi connectivity index (χ0n) is 14.2. The number of nitrogens with one attached hydrogen (secondary N) is 3. The second-order valence-electron chi connectivity index (χ2n) is 6.58. The van der Waals surface area contributed by atoms with Crippen molar-refractivity contribution in [3.05, 3.63) is 66.0 Å². The molecule has 0 radical (unpaired) electrons. The fraction of sp³-hybridized carbons (Fsp3) is 0.350. The van der Waals surface area contributed by atoms with Crippen LogP contribution in [-0.2, 0) is 6.42 Å². The van der Waals surface area contributed by atoms with Crippen LogP contribution in [0, 0.1) is 11.7 Å². The minimum absolute atomic E-state index is 0.283. The quantitative estimate of drug-likeness (QED) is 0.779. The molecule has 3 N–H and O–H groups in total. The van der Waals surface area contributed by atoms with Crippen molar-refractivity contribution in [1.29, 1.82) is 0 Å². The first-order valence-electron chi connectivity index (χ1n) is 8.77. The van der Waals surface area contributed by atoms with Crippen LogP contribution in [0.1, 0.15) is 18.4 Å². The van der Waals surface area contributed by atoms with E-state index in [1.165, 1.54) is 17.7 Å². The maximum Gasteiger partial charge on any atom is 0.319 e. The number of hydrogen-bond acceptors (Lipinski definition) is 2. The van der Waals surface area contributed by atoms with Crippen LogP contribution in [0.5, 0.6) is 0 Å². The molecule has 2 aromatic rings. The van der Waals surface area contributed by atoms with Crippen molar-refractivity contribution in [2.75, 3.05) is 18.4 Å². The lowest BCUT2D eigenvalue weighted by molar-refractivity contribution is 0.247. The molecule has 3 rings (SSSR count). The molecule has 1 saturated heterocycles. The number of benzene rings is 2. The summed E-state index contributed by atoms with van der Waals surface area (Å²) in [4.78, 5) is 11.9. The van der Waals surface area contributed by atoms with Crippen molar-refractivity contribution in [3.63, 3.8) is 0 Å². The van der Waals surface area contributed by atoms with E-state index < -0.39 is 0 Å². The Morgan fingerprint density at radius 1 is 1.12 bits per heavy atom. The average molecular weight is 341 g/mol. The Kier molecular flexibility index (Phi) is 6.01. The minimum atomic E-state index is -0.365. The van der Waals surface area contributed by atoms with Crippen molar-refractivity contribution in [2.24, 2.45) is 5.92 Å². The molecular formula is C20H24FN3O. The van der Waals surface area contributed by atoms with Gasteiger partial charge in [-0.25, -0.2) is 9.18 Å². The van der Waals surface area contributed by atoms with Gasteiger partial charge < -0.3 is 16.0 Å². The molecule has 0 aromatic heterocycles. The third-order valence-corrected chi connectivity index (χ3v) is 4.58. The smallest absolute Gasteiger partial charge is 0.319 e. The molecule has 2 amide bonds. The van der Waals surface area contributed by atoms with Crippen LogP contribution in [0.25, 0.3) is 0 Å². The molecule has 0 aliphatic carbocycles. The Balaban J connectivity index is 1.37. The van der Waals surface area contributed by atoms with Crippen LogP contribution in [0.2, 0.25) is 0 Å². The molecule has 1 fully saturated rings. The monoisotopic (exact) mass is 341 g/mol. The lowest BCUT2D eigenvalue weighted by Crippen LogP contribution is -2.47. The van der Waals surface area contributed by atoms with Crippen LogP contribution in [0.4, 0.5) is 14.9 Å². The summed E-state index contributed by atoms with van der Waals surface area (Å²) in [7, 11) is 0.